The number of allylic oxidation sites excluding steroid dienone is 8. The average molecular weight is 308 g/mol. The van der Waals surface area contributed by atoms with Crippen molar-refractivity contribution in [2.24, 2.45) is 0 Å². The molecule has 0 nitrogen and oxygen atoms in total. The van der Waals surface area contributed by atoms with Gasteiger partial charge in [0.15, 0.2) is 0 Å². The van der Waals surface area contributed by atoms with Gasteiger partial charge in [0.1, 0.15) is 0 Å². The molecule has 0 aromatic rings. The van der Waals surface area contributed by atoms with Gasteiger partial charge in [-0.15, -0.1) is 19.8 Å². The van der Waals surface area contributed by atoms with Crippen molar-refractivity contribution in [1.29, 1.82) is 0 Å². The second-order valence-corrected chi connectivity index (χ2v) is 13.4. The first-order valence-electron chi connectivity index (χ1n) is 5.50. The Morgan fingerprint density at radius 3 is 2.00 bits per heavy atom. The van der Waals surface area contributed by atoms with Crippen LogP contribution in [0.5, 0.6) is 0 Å². The maximum absolute atomic E-state index is 3.12. The average Bonchev–Trinajstić information content (AvgIpc) is 2.81. The van der Waals surface area contributed by atoms with Gasteiger partial charge in [-0.2, -0.15) is 11.6 Å². The molecule has 0 N–H and O–H groups in total. The third kappa shape index (κ3) is 10.6. The van der Waals surface area contributed by atoms with E-state index in [-0.39, 0.29) is 5.43 Å². The molecule has 2 aliphatic rings. The van der Waals surface area contributed by atoms with Gasteiger partial charge in [0, 0.05) is 0 Å². The zero-order chi connectivity index (χ0) is 12.4. The van der Waals surface area contributed by atoms with Gasteiger partial charge in [-0.1, -0.05) is 6.92 Å². The third-order valence-corrected chi connectivity index (χ3v) is 1.94. The Morgan fingerprint density at radius 2 is 1.88 bits per heavy atom. The van der Waals surface area contributed by atoms with Crippen LogP contribution in [0.25, 0.3) is 0 Å². The Balaban J connectivity index is 0.000000222. The fourth-order valence-electron chi connectivity index (χ4n) is 0.960. The first kappa shape index (κ1) is 16.1. The van der Waals surface area contributed by atoms with Gasteiger partial charge in [-0.05, 0) is 0 Å². The van der Waals surface area contributed by atoms with E-state index in [1.807, 2.05) is 12.2 Å². The van der Waals surface area contributed by atoms with Crippen molar-refractivity contribution < 1.29 is 23.3 Å². The van der Waals surface area contributed by atoms with Crippen LogP contribution < -0.4 is 0 Å². The monoisotopic (exact) mass is 306 g/mol. The molecule has 0 radical (unpaired) electrons. The van der Waals surface area contributed by atoms with E-state index in [1.54, 1.807) is 23.3 Å². The SMILES string of the molecule is CC1=C(C)C[C-]=C1.C[Si](C)=[Zr+2].[C-]1=CC=CC1. The van der Waals surface area contributed by atoms with Gasteiger partial charge in [-0.25, -0.2) is 23.8 Å². The van der Waals surface area contributed by atoms with E-state index in [0.29, 0.717) is 0 Å². The molecule has 0 unspecified atom stereocenters. The van der Waals surface area contributed by atoms with Crippen LogP contribution in [-0.2, 0) is 23.3 Å². The largest absolute Gasteiger partial charge is 0.273 e. The maximum Gasteiger partial charge on any atom is -0.109 e. The molecular formula is C14H20SiZr. The molecule has 0 spiro atoms. The molecule has 0 aromatic carbocycles. The summed E-state index contributed by atoms with van der Waals surface area (Å²) in [6.45, 7) is 8.88. The predicted octanol–water partition coefficient (Wildman–Crippen LogP) is 4.18. The Labute approximate surface area is 116 Å². The molecule has 0 heterocycles. The molecule has 2 aliphatic carbocycles. The van der Waals surface area contributed by atoms with Crippen LogP contribution in [0, 0.1) is 12.2 Å². The molecule has 0 atom stereocenters. The molecule has 0 aliphatic heterocycles. The number of rotatable bonds is 0. The molecule has 2 rings (SSSR count). The van der Waals surface area contributed by atoms with Crippen molar-refractivity contribution in [2.45, 2.75) is 39.8 Å². The first-order chi connectivity index (χ1) is 7.54. The maximum atomic E-state index is 3.12. The summed E-state index contributed by atoms with van der Waals surface area (Å²) in [6, 6.07) is 0. The van der Waals surface area contributed by atoms with E-state index in [9.17, 15) is 0 Å². The van der Waals surface area contributed by atoms with Gasteiger partial charge in [0.25, 0.3) is 0 Å². The Hall–Kier alpha value is 0.0600. The summed E-state index contributed by atoms with van der Waals surface area (Å²) in [7, 11) is 0. The summed E-state index contributed by atoms with van der Waals surface area (Å²) in [4.78, 5) is 0. The van der Waals surface area contributed by atoms with Crippen molar-refractivity contribution >= 4 is 5.43 Å². The fourth-order valence-corrected chi connectivity index (χ4v) is 0.960. The summed E-state index contributed by atoms with van der Waals surface area (Å²) in [6.07, 6.45) is 16.2. The van der Waals surface area contributed by atoms with E-state index in [4.69, 9.17) is 0 Å². The van der Waals surface area contributed by atoms with Crippen molar-refractivity contribution in [3.63, 3.8) is 0 Å². The summed E-state index contributed by atoms with van der Waals surface area (Å²) in [5.41, 5.74) is 3.06. The molecule has 2 heteroatoms. The van der Waals surface area contributed by atoms with Crippen LogP contribution in [0.15, 0.2) is 35.5 Å². The molecule has 0 fully saturated rings. The van der Waals surface area contributed by atoms with Gasteiger partial charge >= 0.3 is 41.9 Å². The molecule has 0 amide bonds. The minimum atomic E-state index is 0.210. The Kier molecular flexibility index (Phi) is 10.3. The van der Waals surface area contributed by atoms with Crippen LogP contribution >= 0.6 is 0 Å². The van der Waals surface area contributed by atoms with Gasteiger partial charge in [-0.3, -0.25) is 12.2 Å². The molecule has 0 saturated heterocycles. The fraction of sp³-hybridized carbons (Fsp3) is 0.429. The standard InChI is InChI=1S/C7H9.C5H5.C2H6Si.Zr/c1-6-4-3-5-7(6)2;1-2-4-5-3-1;1-3-2;/h4H,5H2,1-2H3;1-3H,4H2;1-2H3;/q2*-1;;+2. The quantitative estimate of drug-likeness (QED) is 0.465. The summed E-state index contributed by atoms with van der Waals surface area (Å²) >= 11 is 1.74. The first-order valence-corrected chi connectivity index (χ1v) is 11.7. The van der Waals surface area contributed by atoms with Crippen LogP contribution in [0.2, 0.25) is 13.1 Å². The van der Waals surface area contributed by atoms with E-state index in [0.717, 1.165) is 12.8 Å². The second kappa shape index (κ2) is 10.2. The number of hydrogen-bond acceptors (Lipinski definition) is 0. The number of hydrogen-bond donors (Lipinski definition) is 0. The van der Waals surface area contributed by atoms with Gasteiger partial charge < -0.3 is 0 Å². The molecule has 0 bridgehead atoms. The van der Waals surface area contributed by atoms with Crippen molar-refractivity contribution in [2.75, 3.05) is 0 Å². The van der Waals surface area contributed by atoms with Crippen molar-refractivity contribution in [3.8, 4) is 0 Å². The molecular weight excluding hydrogens is 287 g/mol. The van der Waals surface area contributed by atoms with Crippen LogP contribution in [0.3, 0.4) is 0 Å². The Morgan fingerprint density at radius 1 is 1.25 bits per heavy atom. The molecule has 84 valence electrons. The zero-order valence-electron chi connectivity index (χ0n) is 10.7. The van der Waals surface area contributed by atoms with E-state index in [1.165, 1.54) is 11.1 Å². The van der Waals surface area contributed by atoms with Gasteiger partial charge in [0.2, 0.25) is 0 Å². The normalized spacial score (nSPS) is 15.6. The van der Waals surface area contributed by atoms with Crippen LogP contribution in [-0.4, -0.2) is 5.43 Å². The molecule has 0 aromatic heterocycles. The van der Waals surface area contributed by atoms with Crippen LogP contribution in [0.1, 0.15) is 26.7 Å². The van der Waals surface area contributed by atoms with Crippen molar-refractivity contribution in [3.05, 3.63) is 47.6 Å². The van der Waals surface area contributed by atoms with E-state index >= 15 is 0 Å². The van der Waals surface area contributed by atoms with E-state index in [2.05, 4.69) is 51.2 Å². The molecule has 0 saturated carbocycles. The minimum Gasteiger partial charge on any atom is -0.273 e. The minimum absolute atomic E-state index is 0.210. The summed E-state index contributed by atoms with van der Waals surface area (Å²) < 4.78 is 0. The van der Waals surface area contributed by atoms with E-state index < -0.39 is 0 Å². The summed E-state index contributed by atoms with van der Waals surface area (Å²) in [5, 5.41) is 0. The zero-order valence-corrected chi connectivity index (χ0v) is 14.2. The molecule has 16 heavy (non-hydrogen) atoms. The van der Waals surface area contributed by atoms with Crippen LogP contribution in [0.4, 0.5) is 0 Å². The topological polar surface area (TPSA) is 0 Å². The smallest absolute Gasteiger partial charge is 0.109 e. The predicted molar refractivity (Wildman–Crippen MR) is 69.9 cm³/mol. The van der Waals surface area contributed by atoms with Gasteiger partial charge in [0.05, 0.1) is 0 Å². The summed E-state index contributed by atoms with van der Waals surface area (Å²) in [5.74, 6) is 0. The second-order valence-electron chi connectivity index (χ2n) is 3.99. The van der Waals surface area contributed by atoms with Crippen molar-refractivity contribution in [1.82, 2.24) is 0 Å². The Bertz CT molecular complexity index is 319. The third-order valence-electron chi connectivity index (χ3n) is 1.94.